The fourth-order valence-electron chi connectivity index (χ4n) is 3.53. The minimum absolute atomic E-state index is 0.0121. The molecule has 134 valence electrons. The van der Waals surface area contributed by atoms with E-state index in [1.165, 1.54) is 12.8 Å². The van der Waals surface area contributed by atoms with Crippen molar-refractivity contribution in [2.24, 2.45) is 29.1 Å². The second kappa shape index (κ2) is 8.32. The van der Waals surface area contributed by atoms with Gasteiger partial charge in [-0.15, -0.1) is 0 Å². The Hall–Kier alpha value is -0.830. The van der Waals surface area contributed by atoms with Crippen LogP contribution in [0, 0.1) is 29.1 Å². The van der Waals surface area contributed by atoms with Gasteiger partial charge in [0, 0.05) is 5.92 Å². The lowest BCUT2D eigenvalue weighted by Crippen LogP contribution is -2.39. The van der Waals surface area contributed by atoms with E-state index in [9.17, 15) is 9.90 Å². The van der Waals surface area contributed by atoms with E-state index in [1.807, 2.05) is 33.8 Å². The molecule has 3 heteroatoms. The summed E-state index contributed by atoms with van der Waals surface area (Å²) in [6.07, 6.45) is 5.27. The molecule has 23 heavy (non-hydrogen) atoms. The second-order valence-corrected chi connectivity index (χ2v) is 8.78. The van der Waals surface area contributed by atoms with Crippen molar-refractivity contribution in [3.8, 4) is 0 Å². The lowest BCUT2D eigenvalue weighted by Gasteiger charge is -2.41. The van der Waals surface area contributed by atoms with Crippen molar-refractivity contribution in [2.75, 3.05) is 6.61 Å². The first-order valence-electron chi connectivity index (χ1n) is 9.05. The molecule has 0 amide bonds. The smallest absolute Gasteiger partial charge is 0.311 e. The summed E-state index contributed by atoms with van der Waals surface area (Å²) in [6, 6.07) is 0. The van der Waals surface area contributed by atoms with E-state index in [2.05, 4.69) is 20.8 Å². The standard InChI is InChI=1S/C20H36O3/c1-13(2)16-9-8-14(3)10-17(16)18(11-15(4)12-21)23-19(22)20(5,6)7/h11,13-14,16-18,21H,8-10,12H2,1-7H3/b15-11+/t14-,16+,17-,18-/m1/s1. The molecule has 0 spiro atoms. The van der Waals surface area contributed by atoms with Gasteiger partial charge in [0.15, 0.2) is 0 Å². The van der Waals surface area contributed by atoms with Crippen molar-refractivity contribution in [3.63, 3.8) is 0 Å². The van der Waals surface area contributed by atoms with Crippen LogP contribution in [-0.2, 0) is 9.53 Å². The maximum atomic E-state index is 12.4. The summed E-state index contributed by atoms with van der Waals surface area (Å²) < 4.78 is 5.93. The van der Waals surface area contributed by atoms with E-state index in [0.29, 0.717) is 23.7 Å². The van der Waals surface area contributed by atoms with E-state index in [4.69, 9.17) is 4.74 Å². The molecule has 0 saturated heterocycles. The van der Waals surface area contributed by atoms with Crippen molar-refractivity contribution in [1.82, 2.24) is 0 Å². The highest BCUT2D eigenvalue weighted by Crippen LogP contribution is 2.41. The zero-order valence-corrected chi connectivity index (χ0v) is 16.1. The average molecular weight is 325 g/mol. The summed E-state index contributed by atoms with van der Waals surface area (Å²) in [5.41, 5.74) is 0.366. The molecule has 0 heterocycles. The third-order valence-corrected chi connectivity index (χ3v) is 5.05. The molecule has 0 aromatic rings. The first kappa shape index (κ1) is 20.2. The number of aliphatic hydroxyl groups is 1. The molecule has 0 unspecified atom stereocenters. The third kappa shape index (κ3) is 5.95. The third-order valence-electron chi connectivity index (χ3n) is 5.05. The van der Waals surface area contributed by atoms with Crippen LogP contribution < -0.4 is 0 Å². The van der Waals surface area contributed by atoms with Crippen molar-refractivity contribution in [1.29, 1.82) is 0 Å². The molecule has 0 bridgehead atoms. The molecule has 1 saturated carbocycles. The first-order chi connectivity index (χ1) is 10.6. The van der Waals surface area contributed by atoms with Crippen molar-refractivity contribution in [3.05, 3.63) is 11.6 Å². The predicted octanol–water partition coefficient (Wildman–Crippen LogP) is 4.59. The normalized spacial score (nSPS) is 27.9. The summed E-state index contributed by atoms with van der Waals surface area (Å²) >= 11 is 0. The molecule has 0 aromatic carbocycles. The van der Waals surface area contributed by atoms with Gasteiger partial charge in [-0.05, 0) is 69.9 Å². The first-order valence-corrected chi connectivity index (χ1v) is 9.05. The number of hydrogen-bond acceptors (Lipinski definition) is 3. The van der Waals surface area contributed by atoms with Crippen LogP contribution in [0.2, 0.25) is 0 Å². The summed E-state index contributed by atoms with van der Waals surface area (Å²) in [4.78, 5) is 12.4. The van der Waals surface area contributed by atoms with Crippen LogP contribution in [0.4, 0.5) is 0 Å². The fraction of sp³-hybridized carbons (Fsp3) is 0.850. The number of carbonyl (C=O) groups is 1. The van der Waals surface area contributed by atoms with Crippen molar-refractivity contribution < 1.29 is 14.6 Å². The van der Waals surface area contributed by atoms with Crippen LogP contribution in [0.1, 0.15) is 67.7 Å². The number of ether oxygens (including phenoxy) is 1. The van der Waals surface area contributed by atoms with Crippen LogP contribution in [-0.4, -0.2) is 23.8 Å². The SMILES string of the molecule is C/C(=C\[C@@H](OC(=O)C(C)(C)C)[C@@H]1C[C@H](C)CC[C@H]1C(C)C)CO. The Morgan fingerprint density at radius 2 is 1.87 bits per heavy atom. The molecule has 0 aliphatic heterocycles. The summed E-state index contributed by atoms with van der Waals surface area (Å²) in [6.45, 7) is 14.4. The van der Waals surface area contributed by atoms with Gasteiger partial charge >= 0.3 is 5.97 Å². The van der Waals surface area contributed by atoms with Crippen molar-refractivity contribution >= 4 is 5.97 Å². The molecule has 0 aromatic heterocycles. The van der Waals surface area contributed by atoms with Crippen LogP contribution in [0.3, 0.4) is 0 Å². The molecule has 3 nitrogen and oxygen atoms in total. The van der Waals surface area contributed by atoms with E-state index < -0.39 is 5.41 Å². The quantitative estimate of drug-likeness (QED) is 0.594. The average Bonchev–Trinajstić information content (AvgIpc) is 2.44. The monoisotopic (exact) mass is 324 g/mol. The summed E-state index contributed by atoms with van der Waals surface area (Å²) in [5.74, 6) is 1.98. The lowest BCUT2D eigenvalue weighted by atomic mass is 9.68. The van der Waals surface area contributed by atoms with Gasteiger partial charge in [-0.25, -0.2) is 0 Å². The molecule has 1 aliphatic carbocycles. The highest BCUT2D eigenvalue weighted by Gasteiger charge is 2.38. The number of hydrogen-bond donors (Lipinski definition) is 1. The zero-order chi connectivity index (χ0) is 17.8. The van der Waals surface area contributed by atoms with Crippen LogP contribution >= 0.6 is 0 Å². The van der Waals surface area contributed by atoms with Crippen LogP contribution in [0.25, 0.3) is 0 Å². The van der Waals surface area contributed by atoms with Gasteiger partial charge < -0.3 is 9.84 Å². The molecule has 1 fully saturated rings. The Kier molecular flexibility index (Phi) is 7.31. The number of carbonyl (C=O) groups excluding carboxylic acids is 1. The number of rotatable bonds is 5. The Labute approximate surface area is 142 Å². The zero-order valence-electron chi connectivity index (χ0n) is 16.1. The molecule has 1 N–H and O–H groups in total. The number of esters is 1. The molecule has 4 atom stereocenters. The van der Waals surface area contributed by atoms with E-state index in [0.717, 1.165) is 12.0 Å². The highest BCUT2D eigenvalue weighted by atomic mass is 16.5. The van der Waals surface area contributed by atoms with Crippen LogP contribution in [0.15, 0.2) is 11.6 Å². The molecular formula is C20H36O3. The van der Waals surface area contributed by atoms with Gasteiger partial charge in [0.1, 0.15) is 6.10 Å². The van der Waals surface area contributed by atoms with Gasteiger partial charge in [0.05, 0.1) is 12.0 Å². The van der Waals surface area contributed by atoms with E-state index in [-0.39, 0.29) is 18.7 Å². The fourth-order valence-corrected chi connectivity index (χ4v) is 3.53. The van der Waals surface area contributed by atoms with E-state index >= 15 is 0 Å². The summed E-state index contributed by atoms with van der Waals surface area (Å²) in [7, 11) is 0. The van der Waals surface area contributed by atoms with Gasteiger partial charge in [0.2, 0.25) is 0 Å². The van der Waals surface area contributed by atoms with Gasteiger partial charge in [-0.2, -0.15) is 0 Å². The molecule has 0 radical (unpaired) electrons. The van der Waals surface area contributed by atoms with E-state index in [1.54, 1.807) is 0 Å². The predicted molar refractivity (Wildman–Crippen MR) is 95.0 cm³/mol. The Morgan fingerprint density at radius 1 is 1.26 bits per heavy atom. The summed E-state index contributed by atoms with van der Waals surface area (Å²) in [5, 5.41) is 9.39. The minimum atomic E-state index is -0.507. The second-order valence-electron chi connectivity index (χ2n) is 8.78. The van der Waals surface area contributed by atoms with Crippen molar-refractivity contribution in [2.45, 2.75) is 73.8 Å². The van der Waals surface area contributed by atoms with Gasteiger partial charge in [0.25, 0.3) is 0 Å². The highest BCUT2D eigenvalue weighted by molar-refractivity contribution is 5.75. The Balaban J connectivity index is 3.07. The largest absolute Gasteiger partial charge is 0.457 e. The van der Waals surface area contributed by atoms with Gasteiger partial charge in [-0.1, -0.05) is 27.2 Å². The minimum Gasteiger partial charge on any atom is -0.457 e. The van der Waals surface area contributed by atoms with Crippen LogP contribution in [0.5, 0.6) is 0 Å². The Morgan fingerprint density at radius 3 is 2.35 bits per heavy atom. The number of aliphatic hydroxyl groups excluding tert-OH is 1. The maximum absolute atomic E-state index is 12.4. The molecular weight excluding hydrogens is 288 g/mol. The lowest BCUT2D eigenvalue weighted by molar-refractivity contribution is -0.161. The Bertz CT molecular complexity index is 417. The molecule has 1 rings (SSSR count). The topological polar surface area (TPSA) is 46.5 Å². The van der Waals surface area contributed by atoms with Gasteiger partial charge in [-0.3, -0.25) is 4.79 Å². The maximum Gasteiger partial charge on any atom is 0.311 e. The molecule has 1 aliphatic rings.